The molecule has 0 bridgehead atoms. The van der Waals surface area contributed by atoms with Crippen molar-refractivity contribution in [3.63, 3.8) is 0 Å². The average Bonchev–Trinajstić information content (AvgIpc) is 2.25. The van der Waals surface area contributed by atoms with Crippen molar-refractivity contribution < 1.29 is 19.8 Å². The van der Waals surface area contributed by atoms with Crippen molar-refractivity contribution in [2.75, 3.05) is 13.1 Å². The number of hydrogen-bond donors (Lipinski definition) is 3. The van der Waals surface area contributed by atoms with E-state index >= 15 is 0 Å². The molecule has 3 N–H and O–H groups in total. The van der Waals surface area contributed by atoms with Gasteiger partial charge in [-0.2, -0.15) is 0 Å². The Morgan fingerprint density at radius 3 is 1.89 bits per heavy atom. The van der Waals surface area contributed by atoms with Crippen LogP contribution < -0.4 is 5.32 Å². The van der Waals surface area contributed by atoms with Crippen molar-refractivity contribution in [2.24, 2.45) is 5.92 Å². The molecule has 5 heteroatoms. The lowest BCUT2D eigenvalue weighted by atomic mass is 10.0. The number of carboxylic acid groups (broad SMARTS) is 2. The van der Waals surface area contributed by atoms with Crippen LogP contribution in [0.3, 0.4) is 0 Å². The predicted molar refractivity (Wildman–Crippen MR) is 71.6 cm³/mol. The minimum absolute atomic E-state index is 0.282. The Hall–Kier alpha value is -1.36. The van der Waals surface area contributed by atoms with Crippen LogP contribution >= 0.6 is 0 Å². The summed E-state index contributed by atoms with van der Waals surface area (Å²) in [6, 6.07) is 0. The predicted octanol–water partition coefficient (Wildman–Crippen LogP) is 2.13. The summed E-state index contributed by atoms with van der Waals surface area (Å²) in [6.07, 6.45) is 1.70. The highest BCUT2D eigenvalue weighted by Crippen LogP contribution is 2.11. The third kappa shape index (κ3) is 14.6. The highest BCUT2D eigenvalue weighted by atomic mass is 16.4. The maximum atomic E-state index is 10.6. The Balaban J connectivity index is 0. The molecule has 0 heterocycles. The van der Waals surface area contributed by atoms with Gasteiger partial charge in [-0.3, -0.25) is 9.59 Å². The topological polar surface area (TPSA) is 86.6 Å². The minimum atomic E-state index is -1.07. The molecule has 1 atom stereocenters. The van der Waals surface area contributed by atoms with Crippen LogP contribution in [0, 0.1) is 5.92 Å². The van der Waals surface area contributed by atoms with E-state index in [0.29, 0.717) is 0 Å². The molecule has 0 aromatic rings. The Bertz CT molecular complexity index is 268. The number of allylic oxidation sites excluding steroid dienone is 2. The molecular formula is C13H25NO4. The highest BCUT2D eigenvalue weighted by Gasteiger charge is 2.19. The highest BCUT2D eigenvalue weighted by molar-refractivity contribution is 5.77. The van der Waals surface area contributed by atoms with Crippen LogP contribution in [0.2, 0.25) is 0 Å². The Kier molecular flexibility index (Phi) is 12.8. The van der Waals surface area contributed by atoms with Gasteiger partial charge in [-0.15, -0.1) is 0 Å². The maximum absolute atomic E-state index is 10.6. The molecule has 0 aromatic carbocycles. The van der Waals surface area contributed by atoms with Crippen LogP contribution in [0.15, 0.2) is 11.6 Å². The lowest BCUT2D eigenvalue weighted by molar-refractivity contribution is -0.148. The van der Waals surface area contributed by atoms with Gasteiger partial charge in [0.25, 0.3) is 0 Å². The largest absolute Gasteiger partial charge is 0.481 e. The molecule has 0 spiro atoms. The van der Waals surface area contributed by atoms with E-state index in [1.807, 2.05) is 13.8 Å². The van der Waals surface area contributed by atoms with Gasteiger partial charge in [0.1, 0.15) is 0 Å². The molecule has 5 nitrogen and oxygen atoms in total. The van der Waals surface area contributed by atoms with Gasteiger partial charge in [0.15, 0.2) is 0 Å². The van der Waals surface area contributed by atoms with Crippen LogP contribution in [0.25, 0.3) is 0 Å². The van der Waals surface area contributed by atoms with Crippen LogP contribution in [-0.2, 0) is 9.59 Å². The standard InChI is InChI=1S/C9H14O4.C4H11N/c1-6(2)3-4-7(9(12)13)5-8(10)11;1-3-5-4-2/h3,7H,4-5H2,1-2H3,(H,10,11)(H,12,13);5H,3-4H2,1-2H3. The summed E-state index contributed by atoms with van der Waals surface area (Å²) in [6.45, 7) is 10.1. The summed E-state index contributed by atoms with van der Waals surface area (Å²) < 4.78 is 0. The fourth-order valence-corrected chi connectivity index (χ4v) is 1.11. The van der Waals surface area contributed by atoms with E-state index in [1.54, 1.807) is 6.08 Å². The summed E-state index contributed by atoms with van der Waals surface area (Å²) in [5, 5.41) is 20.2. The number of rotatable bonds is 7. The zero-order valence-electron chi connectivity index (χ0n) is 11.7. The second-order valence-corrected chi connectivity index (χ2v) is 4.11. The first-order chi connectivity index (χ1) is 8.34. The van der Waals surface area contributed by atoms with Gasteiger partial charge >= 0.3 is 11.9 Å². The van der Waals surface area contributed by atoms with Gasteiger partial charge in [-0.05, 0) is 33.4 Å². The molecule has 18 heavy (non-hydrogen) atoms. The summed E-state index contributed by atoms with van der Waals surface area (Å²) in [4.78, 5) is 20.8. The summed E-state index contributed by atoms with van der Waals surface area (Å²) in [5.74, 6) is -2.94. The lowest BCUT2D eigenvalue weighted by Gasteiger charge is -2.06. The van der Waals surface area contributed by atoms with Gasteiger partial charge < -0.3 is 15.5 Å². The number of carbonyl (C=O) groups is 2. The Morgan fingerprint density at radius 1 is 1.17 bits per heavy atom. The van der Waals surface area contributed by atoms with Crippen molar-refractivity contribution >= 4 is 11.9 Å². The van der Waals surface area contributed by atoms with Crippen molar-refractivity contribution in [3.05, 3.63) is 11.6 Å². The fraction of sp³-hybridized carbons (Fsp3) is 0.692. The molecule has 106 valence electrons. The second-order valence-electron chi connectivity index (χ2n) is 4.11. The summed E-state index contributed by atoms with van der Waals surface area (Å²) >= 11 is 0. The monoisotopic (exact) mass is 259 g/mol. The number of nitrogens with one attached hydrogen (secondary N) is 1. The summed E-state index contributed by atoms with van der Waals surface area (Å²) in [5.41, 5.74) is 0.997. The zero-order chi connectivity index (χ0) is 14.6. The van der Waals surface area contributed by atoms with Gasteiger partial charge in [0.05, 0.1) is 12.3 Å². The fourth-order valence-electron chi connectivity index (χ4n) is 1.11. The SMILES string of the molecule is CC(C)=CCC(CC(=O)O)C(=O)O.CCNCC. The van der Waals surface area contributed by atoms with E-state index in [0.717, 1.165) is 18.7 Å². The second kappa shape index (κ2) is 12.1. The van der Waals surface area contributed by atoms with E-state index < -0.39 is 17.9 Å². The number of aliphatic carboxylic acids is 2. The van der Waals surface area contributed by atoms with Crippen LogP contribution in [-0.4, -0.2) is 35.2 Å². The Morgan fingerprint density at radius 2 is 1.67 bits per heavy atom. The van der Waals surface area contributed by atoms with Crippen LogP contribution in [0.4, 0.5) is 0 Å². The summed E-state index contributed by atoms with van der Waals surface area (Å²) in [7, 11) is 0. The molecule has 0 fully saturated rings. The third-order valence-corrected chi connectivity index (χ3v) is 2.08. The maximum Gasteiger partial charge on any atom is 0.307 e. The van der Waals surface area contributed by atoms with E-state index in [-0.39, 0.29) is 12.8 Å². The molecule has 0 aromatic heterocycles. The van der Waals surface area contributed by atoms with Gasteiger partial charge in [0, 0.05) is 0 Å². The average molecular weight is 259 g/mol. The van der Waals surface area contributed by atoms with Crippen molar-refractivity contribution in [1.29, 1.82) is 0 Å². The first-order valence-corrected chi connectivity index (χ1v) is 6.13. The molecule has 0 aliphatic rings. The van der Waals surface area contributed by atoms with E-state index in [2.05, 4.69) is 19.2 Å². The quantitative estimate of drug-likeness (QED) is 0.610. The zero-order valence-corrected chi connectivity index (χ0v) is 11.7. The smallest absolute Gasteiger partial charge is 0.307 e. The van der Waals surface area contributed by atoms with E-state index in [1.165, 1.54) is 0 Å². The van der Waals surface area contributed by atoms with Crippen molar-refractivity contribution in [2.45, 2.75) is 40.5 Å². The molecule has 0 amide bonds. The molecule has 0 rings (SSSR count). The molecule has 0 saturated heterocycles. The first kappa shape index (κ1) is 19.0. The Labute approximate surface area is 109 Å². The molecule has 1 unspecified atom stereocenters. The third-order valence-electron chi connectivity index (χ3n) is 2.08. The van der Waals surface area contributed by atoms with Crippen molar-refractivity contribution in [1.82, 2.24) is 5.32 Å². The number of hydrogen-bond acceptors (Lipinski definition) is 3. The number of carboxylic acids is 2. The van der Waals surface area contributed by atoms with Gasteiger partial charge in [-0.25, -0.2) is 0 Å². The molecule has 0 aliphatic heterocycles. The van der Waals surface area contributed by atoms with E-state index in [4.69, 9.17) is 10.2 Å². The van der Waals surface area contributed by atoms with Gasteiger partial charge in [0.2, 0.25) is 0 Å². The van der Waals surface area contributed by atoms with Gasteiger partial charge in [-0.1, -0.05) is 25.5 Å². The first-order valence-electron chi connectivity index (χ1n) is 6.13. The molecule has 0 aliphatic carbocycles. The molecule has 0 radical (unpaired) electrons. The normalized spacial score (nSPS) is 10.9. The minimum Gasteiger partial charge on any atom is -0.481 e. The van der Waals surface area contributed by atoms with Crippen LogP contribution in [0.5, 0.6) is 0 Å². The lowest BCUT2D eigenvalue weighted by Crippen LogP contribution is -2.17. The van der Waals surface area contributed by atoms with Crippen LogP contribution in [0.1, 0.15) is 40.5 Å². The van der Waals surface area contributed by atoms with E-state index in [9.17, 15) is 9.59 Å². The molecular weight excluding hydrogens is 234 g/mol. The van der Waals surface area contributed by atoms with Crippen molar-refractivity contribution in [3.8, 4) is 0 Å². The molecule has 0 saturated carbocycles.